The summed E-state index contributed by atoms with van der Waals surface area (Å²) in [6, 6.07) is 0. The van der Waals surface area contributed by atoms with Gasteiger partial charge in [-0.1, -0.05) is 0 Å². The van der Waals surface area contributed by atoms with Gasteiger partial charge in [-0.25, -0.2) is 4.98 Å². The molecule has 9 heteroatoms. The van der Waals surface area contributed by atoms with Crippen LogP contribution in [0.5, 0.6) is 0 Å². The molecule has 0 spiro atoms. The smallest absolute Gasteiger partial charge is 0.226 e. The van der Waals surface area contributed by atoms with E-state index in [9.17, 15) is 5.11 Å². The van der Waals surface area contributed by atoms with E-state index >= 15 is 0 Å². The van der Waals surface area contributed by atoms with Crippen molar-refractivity contribution < 1.29 is 14.6 Å². The lowest BCUT2D eigenvalue weighted by Gasteiger charge is -2.37. The molecule has 2 aromatic heterocycles. The first-order chi connectivity index (χ1) is 13.2. The number of anilines is 1. The molecule has 0 radical (unpaired) electrons. The van der Waals surface area contributed by atoms with Gasteiger partial charge in [0.25, 0.3) is 0 Å². The Kier molecular flexibility index (Phi) is 4.46. The maximum absolute atomic E-state index is 11.1. The van der Waals surface area contributed by atoms with Gasteiger partial charge in [-0.05, 0) is 50.1 Å². The second kappa shape index (κ2) is 6.84. The highest BCUT2D eigenvalue weighted by Crippen LogP contribution is 2.44. The van der Waals surface area contributed by atoms with Gasteiger partial charge < -0.3 is 19.5 Å². The SMILES string of the molecule is OC1(c2nc3c(N4CCOCC4)nc(Cl)nc3n2C2CCCCO2)CCC1. The molecule has 3 aliphatic rings. The second-order valence-electron chi connectivity index (χ2n) is 7.60. The quantitative estimate of drug-likeness (QED) is 0.801. The molecule has 1 saturated carbocycles. The highest BCUT2D eigenvalue weighted by atomic mass is 35.5. The van der Waals surface area contributed by atoms with E-state index < -0.39 is 5.60 Å². The number of aromatic nitrogens is 4. The lowest BCUT2D eigenvalue weighted by atomic mass is 9.79. The first-order valence-electron chi connectivity index (χ1n) is 9.78. The molecule has 146 valence electrons. The van der Waals surface area contributed by atoms with E-state index in [2.05, 4.69) is 14.9 Å². The average Bonchev–Trinajstić information content (AvgIpc) is 3.06. The van der Waals surface area contributed by atoms with Crippen molar-refractivity contribution in [3.8, 4) is 0 Å². The number of rotatable bonds is 3. The monoisotopic (exact) mass is 393 g/mol. The summed E-state index contributed by atoms with van der Waals surface area (Å²) in [5, 5.41) is 11.3. The highest BCUT2D eigenvalue weighted by Gasteiger charge is 2.43. The Morgan fingerprint density at radius 2 is 1.85 bits per heavy atom. The van der Waals surface area contributed by atoms with E-state index in [1.807, 2.05) is 4.57 Å². The van der Waals surface area contributed by atoms with Crippen LogP contribution in [0, 0.1) is 0 Å². The Bertz CT molecular complexity index is 841. The maximum Gasteiger partial charge on any atom is 0.226 e. The number of hydrogen-bond acceptors (Lipinski definition) is 7. The molecule has 3 fully saturated rings. The van der Waals surface area contributed by atoms with Crippen molar-refractivity contribution in [2.75, 3.05) is 37.8 Å². The molecule has 2 saturated heterocycles. The van der Waals surface area contributed by atoms with E-state index in [4.69, 9.17) is 26.1 Å². The van der Waals surface area contributed by atoms with Crippen molar-refractivity contribution in [2.45, 2.75) is 50.4 Å². The topological polar surface area (TPSA) is 85.5 Å². The summed E-state index contributed by atoms with van der Waals surface area (Å²) in [5.41, 5.74) is 0.417. The standard InChI is InChI=1S/C18H24ClN5O3/c19-17-21-14(23-7-10-26-11-8-23)13-15(22-17)24(12-4-1-2-9-27-12)16(20-13)18(25)5-3-6-18/h12,25H,1-11H2. The van der Waals surface area contributed by atoms with Crippen LogP contribution in [0.3, 0.4) is 0 Å². The van der Waals surface area contributed by atoms with E-state index in [1.165, 1.54) is 0 Å². The molecule has 0 aromatic carbocycles. The first-order valence-corrected chi connectivity index (χ1v) is 10.2. The molecule has 2 aromatic rings. The lowest BCUT2D eigenvalue weighted by molar-refractivity contribution is -0.0722. The summed E-state index contributed by atoms with van der Waals surface area (Å²) in [5.74, 6) is 1.36. The minimum absolute atomic E-state index is 0.174. The number of hydrogen-bond donors (Lipinski definition) is 1. The highest BCUT2D eigenvalue weighted by molar-refractivity contribution is 6.28. The van der Waals surface area contributed by atoms with Gasteiger partial charge in [0, 0.05) is 19.7 Å². The molecular formula is C18H24ClN5O3. The molecule has 1 unspecified atom stereocenters. The van der Waals surface area contributed by atoms with Gasteiger partial charge in [0.2, 0.25) is 5.28 Å². The van der Waals surface area contributed by atoms with Crippen LogP contribution >= 0.6 is 11.6 Å². The normalized spacial score (nSPS) is 25.6. The molecule has 0 amide bonds. The zero-order chi connectivity index (χ0) is 18.4. The zero-order valence-corrected chi connectivity index (χ0v) is 16.0. The fourth-order valence-corrected chi connectivity index (χ4v) is 4.35. The molecule has 0 bridgehead atoms. The first kappa shape index (κ1) is 17.6. The summed E-state index contributed by atoms with van der Waals surface area (Å²) in [6.45, 7) is 3.46. The van der Waals surface area contributed by atoms with Crippen molar-refractivity contribution in [2.24, 2.45) is 0 Å². The molecule has 8 nitrogen and oxygen atoms in total. The third-order valence-corrected chi connectivity index (χ3v) is 6.01. The lowest BCUT2D eigenvalue weighted by Crippen LogP contribution is -2.38. The fourth-order valence-electron chi connectivity index (χ4n) is 4.19. The van der Waals surface area contributed by atoms with Crippen LogP contribution in [0.1, 0.15) is 50.6 Å². The predicted molar refractivity (Wildman–Crippen MR) is 100.0 cm³/mol. The van der Waals surface area contributed by atoms with Gasteiger partial charge in [-0.2, -0.15) is 9.97 Å². The molecule has 1 atom stereocenters. The van der Waals surface area contributed by atoms with Gasteiger partial charge in [-0.3, -0.25) is 4.57 Å². The molecule has 1 aliphatic carbocycles. The van der Waals surface area contributed by atoms with Crippen molar-refractivity contribution in [3.05, 3.63) is 11.1 Å². The minimum Gasteiger partial charge on any atom is -0.382 e. The third kappa shape index (κ3) is 2.99. The van der Waals surface area contributed by atoms with Crippen LogP contribution in [0.25, 0.3) is 11.2 Å². The van der Waals surface area contributed by atoms with Gasteiger partial charge in [-0.15, -0.1) is 0 Å². The van der Waals surface area contributed by atoms with Crippen molar-refractivity contribution in [1.82, 2.24) is 19.5 Å². The number of halogens is 1. The van der Waals surface area contributed by atoms with Gasteiger partial charge in [0.1, 0.15) is 17.7 Å². The summed E-state index contributed by atoms with van der Waals surface area (Å²) in [7, 11) is 0. The van der Waals surface area contributed by atoms with Crippen LogP contribution in [0.15, 0.2) is 0 Å². The summed E-state index contributed by atoms with van der Waals surface area (Å²) in [6.07, 6.45) is 5.24. The van der Waals surface area contributed by atoms with Crippen molar-refractivity contribution in [1.29, 1.82) is 0 Å². The van der Waals surface area contributed by atoms with E-state index in [0.717, 1.165) is 38.8 Å². The van der Waals surface area contributed by atoms with E-state index in [-0.39, 0.29) is 11.5 Å². The Hall–Kier alpha value is -1.48. The predicted octanol–water partition coefficient (Wildman–Crippen LogP) is 2.39. The number of nitrogens with zero attached hydrogens (tertiary/aromatic N) is 5. The number of ether oxygens (including phenoxy) is 2. The Labute approximate surface area is 162 Å². The zero-order valence-electron chi connectivity index (χ0n) is 15.2. The molecular weight excluding hydrogens is 370 g/mol. The van der Waals surface area contributed by atoms with Gasteiger partial charge in [0.15, 0.2) is 17.0 Å². The van der Waals surface area contributed by atoms with Crippen molar-refractivity contribution >= 4 is 28.6 Å². The van der Waals surface area contributed by atoms with Crippen LogP contribution in [0.4, 0.5) is 5.82 Å². The van der Waals surface area contributed by atoms with E-state index in [0.29, 0.717) is 55.5 Å². The molecule has 27 heavy (non-hydrogen) atoms. The number of morpholine rings is 1. The second-order valence-corrected chi connectivity index (χ2v) is 7.94. The average molecular weight is 394 g/mol. The fraction of sp³-hybridized carbons (Fsp3) is 0.722. The summed E-state index contributed by atoms with van der Waals surface area (Å²) in [4.78, 5) is 16.0. The van der Waals surface area contributed by atoms with Crippen LogP contribution in [-0.2, 0) is 15.1 Å². The van der Waals surface area contributed by atoms with Crippen LogP contribution in [0.2, 0.25) is 5.28 Å². The van der Waals surface area contributed by atoms with Gasteiger partial charge in [0.05, 0.1) is 13.2 Å². The van der Waals surface area contributed by atoms with Gasteiger partial charge >= 0.3 is 0 Å². The number of fused-ring (bicyclic) bond motifs is 1. The molecule has 2 aliphatic heterocycles. The third-order valence-electron chi connectivity index (χ3n) is 5.85. The number of aliphatic hydroxyl groups is 1. The Morgan fingerprint density at radius 1 is 1.04 bits per heavy atom. The number of imidazole rings is 1. The summed E-state index contributed by atoms with van der Waals surface area (Å²) >= 11 is 6.30. The largest absolute Gasteiger partial charge is 0.382 e. The van der Waals surface area contributed by atoms with E-state index in [1.54, 1.807) is 0 Å². The minimum atomic E-state index is -0.920. The Morgan fingerprint density at radius 3 is 2.52 bits per heavy atom. The molecule has 4 heterocycles. The van der Waals surface area contributed by atoms with Crippen LogP contribution in [-0.4, -0.2) is 57.5 Å². The maximum atomic E-state index is 11.1. The summed E-state index contributed by atoms with van der Waals surface area (Å²) < 4.78 is 13.5. The van der Waals surface area contributed by atoms with Crippen LogP contribution < -0.4 is 4.90 Å². The van der Waals surface area contributed by atoms with Crippen molar-refractivity contribution in [3.63, 3.8) is 0 Å². The Balaban J connectivity index is 1.69. The molecule has 5 rings (SSSR count). The molecule has 1 N–H and O–H groups in total.